The first-order valence-corrected chi connectivity index (χ1v) is 8.88. The summed E-state index contributed by atoms with van der Waals surface area (Å²) < 4.78 is 28.1. The Bertz CT molecular complexity index is 981. The van der Waals surface area contributed by atoms with Crippen LogP contribution in [0.3, 0.4) is 0 Å². The number of rotatable bonds is 4. The first-order chi connectivity index (χ1) is 11.4. The molecule has 0 heterocycles. The van der Waals surface area contributed by atoms with Crippen LogP contribution < -0.4 is 9.62 Å². The van der Waals surface area contributed by atoms with Crippen molar-refractivity contribution >= 4 is 32.2 Å². The molecule has 3 rings (SSSR count). The van der Waals surface area contributed by atoms with Gasteiger partial charge in [0.2, 0.25) is 0 Å². The summed E-state index contributed by atoms with van der Waals surface area (Å²) in [5, 5.41) is 10.8. The summed E-state index contributed by atoms with van der Waals surface area (Å²) in [4.78, 5) is 2.17. The van der Waals surface area contributed by atoms with Crippen molar-refractivity contribution in [3.8, 4) is 5.75 Å². The number of anilines is 2. The molecule has 3 aromatic carbocycles. The lowest BCUT2D eigenvalue weighted by Crippen LogP contribution is -2.14. The van der Waals surface area contributed by atoms with Gasteiger partial charge >= 0.3 is 0 Å². The molecule has 0 unspecified atom stereocenters. The van der Waals surface area contributed by atoms with Gasteiger partial charge in [0.05, 0.1) is 4.90 Å². The quantitative estimate of drug-likeness (QED) is 0.713. The monoisotopic (exact) mass is 342 g/mol. The van der Waals surface area contributed by atoms with Crippen LogP contribution in [-0.2, 0) is 10.0 Å². The van der Waals surface area contributed by atoms with Crippen molar-refractivity contribution < 1.29 is 13.5 Å². The molecule has 0 bridgehead atoms. The van der Waals surface area contributed by atoms with Crippen molar-refractivity contribution in [2.45, 2.75) is 4.90 Å². The van der Waals surface area contributed by atoms with Gasteiger partial charge in [-0.2, -0.15) is 0 Å². The molecule has 0 radical (unpaired) electrons. The molecule has 0 aromatic heterocycles. The minimum atomic E-state index is -3.75. The Hall–Kier alpha value is -2.73. The molecule has 0 spiro atoms. The summed E-state index contributed by atoms with van der Waals surface area (Å²) in [6.07, 6.45) is 0. The topological polar surface area (TPSA) is 69.6 Å². The van der Waals surface area contributed by atoms with E-state index < -0.39 is 10.0 Å². The molecular formula is C18H18N2O3S. The van der Waals surface area contributed by atoms with Crippen LogP contribution in [0.25, 0.3) is 10.8 Å². The maximum atomic E-state index is 12.8. The molecule has 0 aliphatic heterocycles. The Morgan fingerprint density at radius 2 is 1.50 bits per heavy atom. The number of nitrogens with zero attached hydrogens (tertiary/aromatic N) is 1. The van der Waals surface area contributed by atoms with Crippen molar-refractivity contribution in [2.75, 3.05) is 23.7 Å². The smallest absolute Gasteiger partial charge is 0.262 e. The van der Waals surface area contributed by atoms with E-state index in [0.717, 1.165) is 11.1 Å². The number of aromatic hydroxyl groups is 1. The van der Waals surface area contributed by atoms with Gasteiger partial charge in [0.15, 0.2) is 0 Å². The number of nitrogens with one attached hydrogen (secondary N) is 1. The number of hydrogen-bond donors (Lipinski definition) is 2. The van der Waals surface area contributed by atoms with Crippen molar-refractivity contribution in [2.24, 2.45) is 0 Å². The molecule has 0 aliphatic rings. The number of hydrogen-bond acceptors (Lipinski definition) is 4. The normalized spacial score (nSPS) is 11.4. The van der Waals surface area contributed by atoms with E-state index in [9.17, 15) is 13.5 Å². The van der Waals surface area contributed by atoms with Gasteiger partial charge in [0, 0.05) is 36.2 Å². The van der Waals surface area contributed by atoms with E-state index in [4.69, 9.17) is 0 Å². The predicted octanol–water partition coefficient (Wildman–Crippen LogP) is 3.41. The van der Waals surface area contributed by atoms with Gasteiger partial charge in [-0.25, -0.2) is 8.42 Å². The zero-order valence-corrected chi connectivity index (χ0v) is 14.2. The van der Waals surface area contributed by atoms with Crippen molar-refractivity contribution in [3.63, 3.8) is 0 Å². The molecule has 3 aromatic rings. The maximum Gasteiger partial charge on any atom is 0.262 e. The van der Waals surface area contributed by atoms with E-state index in [1.165, 1.54) is 24.3 Å². The SMILES string of the molecule is CN(C)c1cccc2c(S(=O)(=O)Nc3ccc(O)cc3)cccc12. The molecule has 0 fully saturated rings. The summed E-state index contributed by atoms with van der Waals surface area (Å²) in [6.45, 7) is 0. The molecule has 6 heteroatoms. The molecule has 124 valence electrons. The van der Waals surface area contributed by atoms with Gasteiger partial charge < -0.3 is 10.0 Å². The summed E-state index contributed by atoms with van der Waals surface area (Å²) >= 11 is 0. The molecule has 0 atom stereocenters. The summed E-state index contributed by atoms with van der Waals surface area (Å²) in [7, 11) is 0.0972. The Morgan fingerprint density at radius 3 is 2.17 bits per heavy atom. The molecule has 0 aliphatic carbocycles. The van der Waals surface area contributed by atoms with E-state index in [0.29, 0.717) is 11.1 Å². The second-order valence-electron chi connectivity index (χ2n) is 5.68. The van der Waals surface area contributed by atoms with Crippen LogP contribution in [0.1, 0.15) is 0 Å². The molecule has 0 saturated heterocycles. The van der Waals surface area contributed by atoms with Gasteiger partial charge in [0.1, 0.15) is 5.75 Å². The lowest BCUT2D eigenvalue weighted by atomic mass is 10.1. The van der Waals surface area contributed by atoms with E-state index in [1.807, 2.05) is 37.2 Å². The molecule has 24 heavy (non-hydrogen) atoms. The standard InChI is InChI=1S/C18H18N2O3S/c1-20(2)17-7-3-6-16-15(17)5-4-8-18(16)24(22,23)19-13-9-11-14(21)12-10-13/h3-12,19,21H,1-2H3. The lowest BCUT2D eigenvalue weighted by Gasteiger charge is -2.17. The highest BCUT2D eigenvalue weighted by molar-refractivity contribution is 7.93. The number of fused-ring (bicyclic) bond motifs is 1. The van der Waals surface area contributed by atoms with Gasteiger partial charge in [-0.1, -0.05) is 24.3 Å². The van der Waals surface area contributed by atoms with Crippen LogP contribution in [0.4, 0.5) is 11.4 Å². The minimum absolute atomic E-state index is 0.0822. The summed E-state index contributed by atoms with van der Waals surface area (Å²) in [5.74, 6) is 0.0822. The first kappa shape index (κ1) is 16.1. The predicted molar refractivity (Wildman–Crippen MR) is 97.2 cm³/mol. The van der Waals surface area contributed by atoms with E-state index in [2.05, 4.69) is 4.72 Å². The zero-order valence-electron chi connectivity index (χ0n) is 13.4. The van der Waals surface area contributed by atoms with Crippen LogP contribution in [-0.4, -0.2) is 27.6 Å². The number of phenolic OH excluding ortho intramolecular Hbond substituents is 1. The van der Waals surface area contributed by atoms with Crippen LogP contribution in [0.2, 0.25) is 0 Å². The zero-order chi connectivity index (χ0) is 17.3. The fraction of sp³-hybridized carbons (Fsp3) is 0.111. The largest absolute Gasteiger partial charge is 0.508 e. The molecule has 0 saturated carbocycles. The molecular weight excluding hydrogens is 324 g/mol. The van der Waals surface area contributed by atoms with E-state index in [1.54, 1.807) is 18.2 Å². The highest BCUT2D eigenvalue weighted by atomic mass is 32.2. The number of benzene rings is 3. The van der Waals surface area contributed by atoms with Crippen LogP contribution in [0.15, 0.2) is 65.6 Å². The highest BCUT2D eigenvalue weighted by Gasteiger charge is 2.18. The third kappa shape index (κ3) is 3.00. The summed E-state index contributed by atoms with van der Waals surface area (Å²) in [5.41, 5.74) is 1.35. The van der Waals surface area contributed by atoms with Crippen LogP contribution in [0.5, 0.6) is 5.75 Å². The van der Waals surface area contributed by atoms with Gasteiger partial charge in [-0.15, -0.1) is 0 Å². The third-order valence-electron chi connectivity index (χ3n) is 3.75. The van der Waals surface area contributed by atoms with Gasteiger partial charge in [-0.3, -0.25) is 4.72 Å². The highest BCUT2D eigenvalue weighted by Crippen LogP contribution is 2.31. The average Bonchev–Trinajstić information content (AvgIpc) is 2.55. The van der Waals surface area contributed by atoms with Crippen molar-refractivity contribution in [1.29, 1.82) is 0 Å². The number of phenols is 1. The van der Waals surface area contributed by atoms with E-state index in [-0.39, 0.29) is 10.6 Å². The maximum absolute atomic E-state index is 12.8. The molecule has 2 N–H and O–H groups in total. The summed E-state index contributed by atoms with van der Waals surface area (Å²) in [6, 6.07) is 16.7. The fourth-order valence-electron chi connectivity index (χ4n) is 2.63. The average molecular weight is 342 g/mol. The van der Waals surface area contributed by atoms with Gasteiger partial charge in [0.25, 0.3) is 10.0 Å². The minimum Gasteiger partial charge on any atom is -0.508 e. The van der Waals surface area contributed by atoms with Crippen molar-refractivity contribution in [3.05, 3.63) is 60.7 Å². The van der Waals surface area contributed by atoms with Gasteiger partial charge in [-0.05, 0) is 36.4 Å². The Kier molecular flexibility index (Phi) is 4.07. The Labute approximate surface area is 141 Å². The second kappa shape index (κ2) is 6.05. The van der Waals surface area contributed by atoms with Crippen LogP contribution in [0, 0.1) is 0 Å². The number of sulfonamides is 1. The third-order valence-corrected chi connectivity index (χ3v) is 5.19. The molecule has 5 nitrogen and oxygen atoms in total. The second-order valence-corrected chi connectivity index (χ2v) is 7.33. The van der Waals surface area contributed by atoms with Crippen molar-refractivity contribution in [1.82, 2.24) is 0 Å². The first-order valence-electron chi connectivity index (χ1n) is 7.39. The van der Waals surface area contributed by atoms with E-state index >= 15 is 0 Å². The lowest BCUT2D eigenvalue weighted by molar-refractivity contribution is 0.475. The Balaban J connectivity index is 2.11. The molecule has 0 amide bonds. The Morgan fingerprint density at radius 1 is 0.875 bits per heavy atom. The van der Waals surface area contributed by atoms with Crippen LogP contribution >= 0.6 is 0 Å². The fourth-order valence-corrected chi connectivity index (χ4v) is 3.91.